The summed E-state index contributed by atoms with van der Waals surface area (Å²) in [5, 5.41) is 17.5. The number of aliphatic hydroxyl groups is 1. The molecular formula is C22H21N3O4S. The van der Waals surface area contributed by atoms with Gasteiger partial charge < -0.3 is 10.4 Å². The molecule has 1 heterocycles. The third kappa shape index (κ3) is 3.97. The number of rotatable bonds is 6. The van der Waals surface area contributed by atoms with Gasteiger partial charge in [0, 0.05) is 22.9 Å². The van der Waals surface area contributed by atoms with Crippen LogP contribution in [0.3, 0.4) is 0 Å². The molecule has 2 aromatic carbocycles. The number of carbonyl (C=O) groups is 1. The van der Waals surface area contributed by atoms with Crippen molar-refractivity contribution in [3.05, 3.63) is 78.0 Å². The van der Waals surface area contributed by atoms with E-state index in [0.717, 1.165) is 24.0 Å². The maximum atomic E-state index is 12.9. The van der Waals surface area contributed by atoms with Crippen LogP contribution >= 0.6 is 0 Å². The maximum Gasteiger partial charge on any atom is 0.257 e. The van der Waals surface area contributed by atoms with Crippen LogP contribution in [0, 0.1) is 0 Å². The van der Waals surface area contributed by atoms with Crippen LogP contribution in [-0.4, -0.2) is 31.0 Å². The zero-order chi connectivity index (χ0) is 21.4. The normalized spacial score (nSPS) is 14.9. The average molecular weight is 423 g/mol. The largest absolute Gasteiger partial charge is 0.395 e. The number of nitrogens with two attached hydrogens (primary N) is 1. The molecule has 0 unspecified atom stereocenters. The lowest BCUT2D eigenvalue weighted by atomic mass is 9.94. The number of aromatic nitrogens is 1. The molecule has 7 nitrogen and oxygen atoms in total. The van der Waals surface area contributed by atoms with E-state index in [1.54, 1.807) is 24.4 Å². The van der Waals surface area contributed by atoms with Crippen LogP contribution in [0.2, 0.25) is 0 Å². The number of aliphatic hydroxyl groups excluding tert-OH is 1. The van der Waals surface area contributed by atoms with Crippen molar-refractivity contribution in [3.63, 3.8) is 0 Å². The molecule has 0 aliphatic heterocycles. The van der Waals surface area contributed by atoms with Gasteiger partial charge in [0.2, 0.25) is 10.0 Å². The van der Waals surface area contributed by atoms with E-state index < -0.39 is 15.9 Å². The molecule has 4 N–H and O–H groups in total. The third-order valence-electron chi connectivity index (χ3n) is 5.40. The second-order valence-electron chi connectivity index (χ2n) is 7.44. The number of nitrogens with zero attached hydrogens (tertiary/aromatic N) is 1. The van der Waals surface area contributed by atoms with E-state index in [9.17, 15) is 18.3 Å². The van der Waals surface area contributed by atoms with Crippen LogP contribution < -0.4 is 10.5 Å². The van der Waals surface area contributed by atoms with Crippen molar-refractivity contribution in [2.45, 2.75) is 23.2 Å². The first-order chi connectivity index (χ1) is 14.3. The first kappa shape index (κ1) is 20.2. The predicted octanol–water partition coefficient (Wildman–Crippen LogP) is 2.67. The molecule has 0 atom stereocenters. The highest BCUT2D eigenvalue weighted by Crippen LogP contribution is 2.47. The molecule has 1 amide bonds. The molecule has 30 heavy (non-hydrogen) atoms. The minimum atomic E-state index is -3.87. The lowest BCUT2D eigenvalue weighted by Gasteiger charge is -2.14. The van der Waals surface area contributed by atoms with E-state index >= 15 is 0 Å². The molecule has 0 radical (unpaired) electrons. The summed E-state index contributed by atoms with van der Waals surface area (Å²) in [5.74, 6) is -0.414. The Morgan fingerprint density at radius 3 is 2.47 bits per heavy atom. The highest BCUT2D eigenvalue weighted by atomic mass is 32.2. The van der Waals surface area contributed by atoms with Gasteiger partial charge in [-0.15, -0.1) is 0 Å². The second-order valence-corrected chi connectivity index (χ2v) is 9.00. The van der Waals surface area contributed by atoms with Gasteiger partial charge in [-0.3, -0.25) is 9.78 Å². The molecule has 154 valence electrons. The van der Waals surface area contributed by atoms with Crippen LogP contribution in [0.25, 0.3) is 11.3 Å². The van der Waals surface area contributed by atoms with Crippen molar-refractivity contribution in [2.75, 3.05) is 11.9 Å². The Morgan fingerprint density at radius 1 is 1.10 bits per heavy atom. The number of hydrogen-bond acceptors (Lipinski definition) is 5. The van der Waals surface area contributed by atoms with E-state index in [-0.39, 0.29) is 16.9 Å². The van der Waals surface area contributed by atoms with E-state index in [4.69, 9.17) is 5.14 Å². The summed E-state index contributed by atoms with van der Waals surface area (Å²) in [6.07, 6.45) is 3.55. The van der Waals surface area contributed by atoms with Crippen molar-refractivity contribution in [1.29, 1.82) is 0 Å². The van der Waals surface area contributed by atoms with E-state index in [1.165, 1.54) is 18.2 Å². The zero-order valence-corrected chi connectivity index (χ0v) is 16.9. The van der Waals surface area contributed by atoms with Crippen LogP contribution in [-0.2, 0) is 15.4 Å². The molecule has 1 fully saturated rings. The van der Waals surface area contributed by atoms with Gasteiger partial charge in [0.15, 0.2) is 0 Å². The maximum absolute atomic E-state index is 12.9. The Morgan fingerprint density at radius 2 is 1.83 bits per heavy atom. The van der Waals surface area contributed by atoms with Crippen molar-refractivity contribution < 1.29 is 18.3 Å². The predicted molar refractivity (Wildman–Crippen MR) is 113 cm³/mol. The van der Waals surface area contributed by atoms with Crippen LogP contribution in [0.1, 0.15) is 28.8 Å². The van der Waals surface area contributed by atoms with Gasteiger partial charge in [-0.1, -0.05) is 30.3 Å². The van der Waals surface area contributed by atoms with Gasteiger partial charge in [-0.2, -0.15) is 0 Å². The summed E-state index contributed by atoms with van der Waals surface area (Å²) in [5.41, 5.74) is 2.91. The van der Waals surface area contributed by atoms with E-state index in [2.05, 4.69) is 10.3 Å². The smallest absolute Gasteiger partial charge is 0.257 e. The summed E-state index contributed by atoms with van der Waals surface area (Å²) in [4.78, 5) is 17.2. The molecule has 0 spiro atoms. The number of amides is 1. The molecule has 0 bridgehead atoms. The molecule has 0 saturated heterocycles. The SMILES string of the molecule is NS(=O)(=O)c1cccc(NC(=O)c2cccnc2-c2ccc(C3(CO)CC3)cc2)c1. The van der Waals surface area contributed by atoms with Gasteiger partial charge in [-0.25, -0.2) is 13.6 Å². The Balaban J connectivity index is 1.61. The molecule has 4 rings (SSSR count). The van der Waals surface area contributed by atoms with E-state index in [1.807, 2.05) is 24.3 Å². The lowest BCUT2D eigenvalue weighted by Crippen LogP contribution is -2.16. The van der Waals surface area contributed by atoms with Gasteiger partial charge in [0.1, 0.15) is 0 Å². The third-order valence-corrected chi connectivity index (χ3v) is 6.31. The zero-order valence-electron chi connectivity index (χ0n) is 16.1. The molecule has 1 aliphatic rings. The van der Waals surface area contributed by atoms with Crippen LogP contribution in [0.4, 0.5) is 5.69 Å². The highest BCUT2D eigenvalue weighted by Gasteiger charge is 2.43. The molecule has 3 aromatic rings. The van der Waals surface area contributed by atoms with Crippen molar-refractivity contribution >= 4 is 21.6 Å². The number of nitrogens with one attached hydrogen (secondary N) is 1. The number of sulfonamides is 1. The number of benzene rings is 2. The first-order valence-corrected chi connectivity index (χ1v) is 11.0. The van der Waals surface area contributed by atoms with Gasteiger partial charge in [0.05, 0.1) is 22.8 Å². The minimum absolute atomic E-state index is 0.0832. The Labute approximate surface area is 174 Å². The molecule has 1 aliphatic carbocycles. The minimum Gasteiger partial charge on any atom is -0.395 e. The summed E-state index contributed by atoms with van der Waals surface area (Å²) < 4.78 is 23.1. The number of pyridine rings is 1. The topological polar surface area (TPSA) is 122 Å². The lowest BCUT2D eigenvalue weighted by molar-refractivity contribution is 0.102. The summed E-state index contributed by atoms with van der Waals surface area (Å²) in [7, 11) is -3.87. The highest BCUT2D eigenvalue weighted by molar-refractivity contribution is 7.89. The van der Waals surface area contributed by atoms with Crippen molar-refractivity contribution in [3.8, 4) is 11.3 Å². The molecule has 8 heteroatoms. The number of primary sulfonamides is 1. The monoisotopic (exact) mass is 423 g/mol. The van der Waals surface area contributed by atoms with E-state index in [0.29, 0.717) is 16.9 Å². The fourth-order valence-electron chi connectivity index (χ4n) is 3.44. The average Bonchev–Trinajstić information content (AvgIpc) is 3.55. The molecule has 1 aromatic heterocycles. The quantitative estimate of drug-likeness (QED) is 0.563. The Kier molecular flexibility index (Phi) is 5.15. The van der Waals surface area contributed by atoms with Gasteiger partial charge in [0.25, 0.3) is 5.91 Å². The summed E-state index contributed by atoms with van der Waals surface area (Å²) in [6.45, 7) is 0.126. The fourth-order valence-corrected chi connectivity index (χ4v) is 4.00. The van der Waals surface area contributed by atoms with Crippen molar-refractivity contribution in [1.82, 2.24) is 4.98 Å². The van der Waals surface area contributed by atoms with Gasteiger partial charge >= 0.3 is 0 Å². The van der Waals surface area contributed by atoms with Gasteiger partial charge in [-0.05, 0) is 48.7 Å². The molecule has 1 saturated carbocycles. The van der Waals surface area contributed by atoms with Crippen molar-refractivity contribution in [2.24, 2.45) is 5.14 Å². The summed E-state index contributed by atoms with van der Waals surface area (Å²) in [6, 6.07) is 16.8. The van der Waals surface area contributed by atoms with Crippen LogP contribution in [0.5, 0.6) is 0 Å². The fraction of sp³-hybridized carbons (Fsp3) is 0.182. The Bertz CT molecular complexity index is 1200. The van der Waals surface area contributed by atoms with Crippen LogP contribution in [0.15, 0.2) is 71.8 Å². The molecular weight excluding hydrogens is 402 g/mol. The Hall–Kier alpha value is -3.07. The number of hydrogen-bond donors (Lipinski definition) is 3. The number of carbonyl (C=O) groups excluding carboxylic acids is 1. The second kappa shape index (κ2) is 7.64. The first-order valence-electron chi connectivity index (χ1n) is 9.43. The number of anilines is 1. The standard InChI is InChI=1S/C22H21N3O4S/c23-30(28,29)18-4-1-3-17(13-18)25-21(27)19-5-2-12-24-20(19)15-6-8-16(9-7-15)22(14-26)10-11-22/h1-9,12-13,26H,10-11,14H2,(H,25,27)(H2,23,28,29). The summed E-state index contributed by atoms with van der Waals surface area (Å²) >= 11 is 0.